The number of aromatic nitrogens is 4. The molecule has 2 heterocycles. The maximum Gasteiger partial charge on any atom is 0.296 e. The first-order valence-electron chi connectivity index (χ1n) is 9.41. The molecule has 0 unspecified atom stereocenters. The van der Waals surface area contributed by atoms with E-state index in [1.807, 2.05) is 54.7 Å². The van der Waals surface area contributed by atoms with Crippen molar-refractivity contribution in [3.8, 4) is 5.69 Å². The van der Waals surface area contributed by atoms with Gasteiger partial charge < -0.3 is 0 Å². The summed E-state index contributed by atoms with van der Waals surface area (Å²) in [6.45, 7) is 5.41. The Morgan fingerprint density at radius 2 is 1.68 bits per heavy atom. The Morgan fingerprint density at radius 1 is 1.00 bits per heavy atom. The van der Waals surface area contributed by atoms with Gasteiger partial charge in [-0.1, -0.05) is 48.5 Å². The standard InChI is InChI=1S/C22H23N5O/c1-17(2)25(14-18-9-5-3-6-10-18)16-27-22(28)21-19(13-23-27)15-26(24-21)20-11-7-4-8-12-20/h3-13,15,17H,14,16H2,1-2H3. The second-order valence-electron chi connectivity index (χ2n) is 7.13. The second kappa shape index (κ2) is 7.78. The van der Waals surface area contributed by atoms with Gasteiger partial charge in [0.2, 0.25) is 0 Å². The third-order valence-corrected chi connectivity index (χ3v) is 4.81. The van der Waals surface area contributed by atoms with Gasteiger partial charge in [-0.3, -0.25) is 9.69 Å². The quantitative estimate of drug-likeness (QED) is 0.519. The number of fused-ring (bicyclic) bond motifs is 1. The maximum atomic E-state index is 13.0. The van der Waals surface area contributed by atoms with Crippen molar-refractivity contribution in [3.05, 3.63) is 89.0 Å². The summed E-state index contributed by atoms with van der Waals surface area (Å²) in [5, 5.41) is 9.63. The zero-order chi connectivity index (χ0) is 19.5. The lowest BCUT2D eigenvalue weighted by Crippen LogP contribution is -2.37. The smallest absolute Gasteiger partial charge is 0.278 e. The molecule has 6 nitrogen and oxygen atoms in total. The molecule has 0 aliphatic heterocycles. The van der Waals surface area contributed by atoms with E-state index in [0.29, 0.717) is 12.2 Å². The number of rotatable bonds is 6. The summed E-state index contributed by atoms with van der Waals surface area (Å²) in [5.74, 6) is 0. The summed E-state index contributed by atoms with van der Waals surface area (Å²) >= 11 is 0. The highest BCUT2D eigenvalue weighted by Crippen LogP contribution is 2.13. The number of nitrogens with zero attached hydrogens (tertiary/aromatic N) is 5. The largest absolute Gasteiger partial charge is 0.296 e. The summed E-state index contributed by atoms with van der Waals surface area (Å²) in [6, 6.07) is 20.3. The van der Waals surface area contributed by atoms with Crippen molar-refractivity contribution < 1.29 is 0 Å². The van der Waals surface area contributed by atoms with E-state index in [0.717, 1.165) is 17.6 Å². The van der Waals surface area contributed by atoms with Gasteiger partial charge in [-0.15, -0.1) is 0 Å². The topological polar surface area (TPSA) is 56.0 Å². The van der Waals surface area contributed by atoms with Gasteiger partial charge in [-0.25, -0.2) is 9.36 Å². The van der Waals surface area contributed by atoms with Crippen LogP contribution in [0.1, 0.15) is 19.4 Å². The molecule has 2 aromatic carbocycles. The SMILES string of the molecule is CC(C)N(Cc1ccccc1)Cn1ncc2cn(-c3ccccc3)nc2c1=O. The predicted octanol–water partition coefficient (Wildman–Crippen LogP) is 3.45. The normalized spacial score (nSPS) is 11.6. The molecule has 2 aromatic heterocycles. The van der Waals surface area contributed by atoms with Crippen LogP contribution in [0.2, 0.25) is 0 Å². The minimum absolute atomic E-state index is 0.175. The van der Waals surface area contributed by atoms with Crippen LogP contribution in [0.3, 0.4) is 0 Å². The molecule has 0 spiro atoms. The molecule has 0 N–H and O–H groups in total. The van der Waals surface area contributed by atoms with E-state index >= 15 is 0 Å². The Kier molecular flexibility index (Phi) is 5.04. The Morgan fingerprint density at radius 3 is 2.36 bits per heavy atom. The third-order valence-electron chi connectivity index (χ3n) is 4.81. The van der Waals surface area contributed by atoms with Gasteiger partial charge in [0, 0.05) is 24.2 Å². The molecule has 0 aliphatic carbocycles. The number of para-hydroxylation sites is 1. The van der Waals surface area contributed by atoms with Crippen LogP contribution in [0.5, 0.6) is 0 Å². The van der Waals surface area contributed by atoms with E-state index in [1.165, 1.54) is 10.2 Å². The van der Waals surface area contributed by atoms with Gasteiger partial charge in [0.05, 0.1) is 18.6 Å². The van der Waals surface area contributed by atoms with Crippen molar-refractivity contribution in [1.29, 1.82) is 0 Å². The van der Waals surface area contributed by atoms with Crippen LogP contribution in [0.4, 0.5) is 0 Å². The molecule has 142 valence electrons. The Bertz CT molecular complexity index is 1120. The maximum absolute atomic E-state index is 13.0. The van der Waals surface area contributed by atoms with Crippen LogP contribution < -0.4 is 5.56 Å². The van der Waals surface area contributed by atoms with Crippen LogP contribution in [0, 0.1) is 0 Å². The molecule has 0 fully saturated rings. The highest BCUT2D eigenvalue weighted by molar-refractivity contribution is 5.76. The number of hydrogen-bond acceptors (Lipinski definition) is 4. The summed E-state index contributed by atoms with van der Waals surface area (Å²) in [5.41, 5.74) is 2.38. The summed E-state index contributed by atoms with van der Waals surface area (Å²) < 4.78 is 3.22. The van der Waals surface area contributed by atoms with Crippen molar-refractivity contribution in [3.63, 3.8) is 0 Å². The Hall–Kier alpha value is -3.25. The van der Waals surface area contributed by atoms with Gasteiger partial charge >= 0.3 is 0 Å². The zero-order valence-corrected chi connectivity index (χ0v) is 16.1. The molecule has 0 bridgehead atoms. The first-order chi connectivity index (χ1) is 13.6. The molecule has 0 saturated heterocycles. The van der Waals surface area contributed by atoms with Crippen molar-refractivity contribution in [1.82, 2.24) is 24.5 Å². The van der Waals surface area contributed by atoms with Gasteiger partial charge in [0.1, 0.15) is 0 Å². The van der Waals surface area contributed by atoms with Gasteiger partial charge in [-0.05, 0) is 31.5 Å². The average molecular weight is 373 g/mol. The van der Waals surface area contributed by atoms with Gasteiger partial charge in [0.25, 0.3) is 5.56 Å². The van der Waals surface area contributed by atoms with E-state index in [4.69, 9.17) is 0 Å². The fraction of sp³-hybridized carbons (Fsp3) is 0.227. The van der Waals surface area contributed by atoms with E-state index in [-0.39, 0.29) is 11.6 Å². The van der Waals surface area contributed by atoms with Crippen LogP contribution in [0.15, 0.2) is 77.9 Å². The number of benzene rings is 2. The zero-order valence-electron chi connectivity index (χ0n) is 16.1. The molecule has 4 rings (SSSR count). The van der Waals surface area contributed by atoms with Crippen molar-refractivity contribution >= 4 is 10.9 Å². The number of hydrogen-bond donors (Lipinski definition) is 0. The molecule has 4 aromatic rings. The molecular formula is C22H23N5O. The first kappa shape index (κ1) is 18.1. The van der Waals surface area contributed by atoms with E-state index in [2.05, 4.69) is 41.1 Å². The highest BCUT2D eigenvalue weighted by atomic mass is 16.1. The Labute approximate surface area is 163 Å². The molecule has 0 atom stereocenters. The summed E-state index contributed by atoms with van der Waals surface area (Å²) in [4.78, 5) is 15.2. The summed E-state index contributed by atoms with van der Waals surface area (Å²) in [6.07, 6.45) is 3.55. The highest BCUT2D eigenvalue weighted by Gasteiger charge is 2.15. The third kappa shape index (κ3) is 3.73. The molecule has 6 heteroatoms. The lowest BCUT2D eigenvalue weighted by Gasteiger charge is -2.26. The average Bonchev–Trinajstić information content (AvgIpc) is 3.16. The minimum atomic E-state index is -0.175. The predicted molar refractivity (Wildman–Crippen MR) is 110 cm³/mol. The fourth-order valence-electron chi connectivity index (χ4n) is 3.15. The first-order valence-corrected chi connectivity index (χ1v) is 9.41. The molecule has 0 amide bonds. The molecule has 0 radical (unpaired) electrons. The molecule has 28 heavy (non-hydrogen) atoms. The molecule has 0 aliphatic rings. The lowest BCUT2D eigenvalue weighted by atomic mass is 10.2. The fourth-order valence-corrected chi connectivity index (χ4v) is 3.15. The second-order valence-corrected chi connectivity index (χ2v) is 7.13. The molecular weight excluding hydrogens is 350 g/mol. The Balaban J connectivity index is 1.64. The van der Waals surface area contributed by atoms with Crippen LogP contribution >= 0.6 is 0 Å². The van der Waals surface area contributed by atoms with Crippen LogP contribution in [-0.2, 0) is 13.2 Å². The van der Waals surface area contributed by atoms with Gasteiger partial charge in [0.15, 0.2) is 5.52 Å². The van der Waals surface area contributed by atoms with Crippen LogP contribution in [0.25, 0.3) is 16.6 Å². The summed E-state index contributed by atoms with van der Waals surface area (Å²) in [7, 11) is 0. The monoisotopic (exact) mass is 373 g/mol. The van der Waals surface area contributed by atoms with Crippen molar-refractivity contribution in [2.75, 3.05) is 0 Å². The van der Waals surface area contributed by atoms with Crippen molar-refractivity contribution in [2.45, 2.75) is 33.1 Å². The van der Waals surface area contributed by atoms with E-state index < -0.39 is 0 Å². The molecule has 0 saturated carbocycles. The van der Waals surface area contributed by atoms with Gasteiger partial charge in [-0.2, -0.15) is 10.2 Å². The van der Waals surface area contributed by atoms with E-state index in [1.54, 1.807) is 10.9 Å². The minimum Gasteiger partial charge on any atom is -0.278 e. The van der Waals surface area contributed by atoms with Crippen molar-refractivity contribution in [2.24, 2.45) is 0 Å². The van der Waals surface area contributed by atoms with E-state index in [9.17, 15) is 4.79 Å². The lowest BCUT2D eigenvalue weighted by molar-refractivity contribution is 0.151. The van der Waals surface area contributed by atoms with Crippen LogP contribution in [-0.4, -0.2) is 30.5 Å².